The average molecular weight is 319 g/mol. The summed E-state index contributed by atoms with van der Waals surface area (Å²) in [5, 5.41) is 3.16. The van der Waals surface area contributed by atoms with Gasteiger partial charge >= 0.3 is 0 Å². The van der Waals surface area contributed by atoms with Crippen molar-refractivity contribution < 1.29 is 9.59 Å². The van der Waals surface area contributed by atoms with Crippen LogP contribution in [-0.4, -0.2) is 61.3 Å². The first-order valence-electron chi connectivity index (χ1n) is 8.39. The summed E-state index contributed by atoms with van der Waals surface area (Å²) >= 11 is 0. The van der Waals surface area contributed by atoms with Crippen LogP contribution in [0.2, 0.25) is 0 Å². The highest BCUT2D eigenvalue weighted by molar-refractivity contribution is 5.78. The van der Waals surface area contributed by atoms with E-state index in [4.69, 9.17) is 0 Å². The fraction of sp³-hybridized carbons (Fsp3) is 0.556. The highest BCUT2D eigenvalue weighted by atomic mass is 16.2. The van der Waals surface area contributed by atoms with Crippen molar-refractivity contribution >= 4 is 12.2 Å². The first-order chi connectivity index (χ1) is 11.1. The highest BCUT2D eigenvalue weighted by Crippen LogP contribution is 2.02. The number of benzene rings is 1. The van der Waals surface area contributed by atoms with E-state index in [1.807, 2.05) is 30.0 Å². The first kappa shape index (κ1) is 19.3. The van der Waals surface area contributed by atoms with Gasteiger partial charge in [0, 0.05) is 31.7 Å². The van der Waals surface area contributed by atoms with E-state index in [-0.39, 0.29) is 5.91 Å². The standard InChI is InChI=1S/C18H29N3O2/c1-4-20(5-2)10-11-21(6-3)18(23)14-19-13-16-8-7-9-17(12-16)15-22/h7-9,12,15,19H,4-6,10-11,13-14H2,1-3H3. The molecule has 0 aliphatic rings. The monoisotopic (exact) mass is 319 g/mol. The van der Waals surface area contributed by atoms with Crippen LogP contribution in [0.15, 0.2) is 24.3 Å². The molecule has 0 spiro atoms. The molecular formula is C18H29N3O2. The zero-order valence-electron chi connectivity index (χ0n) is 14.5. The van der Waals surface area contributed by atoms with Crippen LogP contribution in [0.3, 0.4) is 0 Å². The Morgan fingerprint density at radius 2 is 1.87 bits per heavy atom. The van der Waals surface area contributed by atoms with Crippen LogP contribution < -0.4 is 5.32 Å². The molecule has 0 unspecified atom stereocenters. The normalized spacial score (nSPS) is 10.8. The SMILES string of the molecule is CCN(CC)CCN(CC)C(=O)CNCc1cccc(C=O)c1. The predicted octanol–water partition coefficient (Wildman–Crippen LogP) is 1.78. The van der Waals surface area contributed by atoms with Gasteiger partial charge in [0.2, 0.25) is 5.91 Å². The molecule has 0 bridgehead atoms. The third-order valence-electron chi connectivity index (χ3n) is 4.01. The van der Waals surface area contributed by atoms with Gasteiger partial charge < -0.3 is 15.1 Å². The van der Waals surface area contributed by atoms with E-state index in [1.54, 1.807) is 6.07 Å². The summed E-state index contributed by atoms with van der Waals surface area (Å²) in [5.74, 6) is 0.117. The second kappa shape index (κ2) is 10.9. The van der Waals surface area contributed by atoms with E-state index in [9.17, 15) is 9.59 Å². The molecule has 0 aromatic heterocycles. The molecule has 0 aliphatic carbocycles. The number of carbonyl (C=O) groups excluding carboxylic acids is 2. The molecule has 0 atom stereocenters. The van der Waals surface area contributed by atoms with E-state index in [2.05, 4.69) is 24.1 Å². The lowest BCUT2D eigenvalue weighted by molar-refractivity contribution is -0.130. The summed E-state index contributed by atoms with van der Waals surface area (Å²) in [6.07, 6.45) is 0.834. The predicted molar refractivity (Wildman–Crippen MR) is 93.6 cm³/mol. The largest absolute Gasteiger partial charge is 0.341 e. The number of carbonyl (C=O) groups is 2. The average Bonchev–Trinajstić information content (AvgIpc) is 2.59. The van der Waals surface area contributed by atoms with Crippen molar-refractivity contribution in [2.75, 3.05) is 39.3 Å². The lowest BCUT2D eigenvalue weighted by atomic mass is 10.1. The molecule has 5 heteroatoms. The molecule has 0 fully saturated rings. The smallest absolute Gasteiger partial charge is 0.236 e. The van der Waals surface area contributed by atoms with Crippen molar-refractivity contribution in [3.05, 3.63) is 35.4 Å². The van der Waals surface area contributed by atoms with Gasteiger partial charge in [0.05, 0.1) is 6.54 Å². The van der Waals surface area contributed by atoms with Gasteiger partial charge in [-0.05, 0) is 31.6 Å². The highest BCUT2D eigenvalue weighted by Gasteiger charge is 2.12. The second-order valence-electron chi connectivity index (χ2n) is 5.47. The van der Waals surface area contributed by atoms with Gasteiger partial charge in [0.25, 0.3) is 0 Å². The Bertz CT molecular complexity index is 487. The third kappa shape index (κ3) is 6.93. The zero-order valence-corrected chi connectivity index (χ0v) is 14.5. The van der Waals surface area contributed by atoms with E-state index in [0.717, 1.165) is 44.6 Å². The Morgan fingerprint density at radius 3 is 2.48 bits per heavy atom. The molecule has 0 heterocycles. The molecule has 128 valence electrons. The first-order valence-corrected chi connectivity index (χ1v) is 8.39. The van der Waals surface area contributed by atoms with Crippen LogP contribution >= 0.6 is 0 Å². The Morgan fingerprint density at radius 1 is 1.13 bits per heavy atom. The maximum absolute atomic E-state index is 12.3. The van der Waals surface area contributed by atoms with Crippen LogP contribution in [0.1, 0.15) is 36.7 Å². The maximum atomic E-state index is 12.3. The molecule has 5 nitrogen and oxygen atoms in total. The molecule has 0 saturated heterocycles. The Labute approximate surface area is 139 Å². The van der Waals surface area contributed by atoms with Crippen LogP contribution in [0.25, 0.3) is 0 Å². The molecule has 1 rings (SSSR count). The molecule has 0 radical (unpaired) electrons. The zero-order chi connectivity index (χ0) is 17.1. The van der Waals surface area contributed by atoms with Gasteiger partial charge in [-0.2, -0.15) is 0 Å². The molecule has 1 amide bonds. The Balaban J connectivity index is 2.39. The van der Waals surface area contributed by atoms with Crippen LogP contribution in [0.5, 0.6) is 0 Å². The summed E-state index contributed by atoms with van der Waals surface area (Å²) in [5.41, 5.74) is 1.67. The Hall–Kier alpha value is -1.72. The number of hydrogen-bond acceptors (Lipinski definition) is 4. The van der Waals surface area contributed by atoms with Crippen molar-refractivity contribution in [2.24, 2.45) is 0 Å². The molecular weight excluding hydrogens is 290 g/mol. The summed E-state index contributed by atoms with van der Waals surface area (Å²) in [7, 11) is 0. The number of rotatable bonds is 11. The molecule has 1 N–H and O–H groups in total. The van der Waals surface area contributed by atoms with Crippen LogP contribution in [0, 0.1) is 0 Å². The fourth-order valence-electron chi connectivity index (χ4n) is 2.46. The van der Waals surface area contributed by atoms with Crippen molar-refractivity contribution in [1.82, 2.24) is 15.1 Å². The fourth-order valence-corrected chi connectivity index (χ4v) is 2.46. The minimum atomic E-state index is 0.117. The van der Waals surface area contributed by atoms with Gasteiger partial charge in [-0.25, -0.2) is 0 Å². The molecule has 1 aromatic rings. The van der Waals surface area contributed by atoms with Crippen molar-refractivity contribution in [1.29, 1.82) is 0 Å². The molecule has 1 aromatic carbocycles. The number of nitrogens with zero attached hydrogens (tertiary/aromatic N) is 2. The van der Waals surface area contributed by atoms with E-state index < -0.39 is 0 Å². The quantitative estimate of drug-likeness (QED) is 0.632. The third-order valence-corrected chi connectivity index (χ3v) is 4.01. The lowest BCUT2D eigenvalue weighted by Gasteiger charge is -2.25. The number of likely N-dealkylation sites (N-methyl/N-ethyl adjacent to an activating group) is 2. The van der Waals surface area contributed by atoms with Crippen molar-refractivity contribution in [3.63, 3.8) is 0 Å². The van der Waals surface area contributed by atoms with Crippen molar-refractivity contribution in [2.45, 2.75) is 27.3 Å². The van der Waals surface area contributed by atoms with Gasteiger partial charge in [-0.15, -0.1) is 0 Å². The minimum Gasteiger partial charge on any atom is -0.341 e. The van der Waals surface area contributed by atoms with Crippen LogP contribution in [-0.2, 0) is 11.3 Å². The summed E-state index contributed by atoms with van der Waals surface area (Å²) < 4.78 is 0. The minimum absolute atomic E-state index is 0.117. The summed E-state index contributed by atoms with van der Waals surface area (Å²) in [6, 6.07) is 7.41. The van der Waals surface area contributed by atoms with Gasteiger partial charge in [-0.1, -0.05) is 32.0 Å². The second-order valence-corrected chi connectivity index (χ2v) is 5.47. The summed E-state index contributed by atoms with van der Waals surface area (Å²) in [4.78, 5) is 27.2. The summed E-state index contributed by atoms with van der Waals surface area (Å²) in [6.45, 7) is 11.6. The molecule has 0 saturated carbocycles. The lowest BCUT2D eigenvalue weighted by Crippen LogP contribution is -2.42. The number of nitrogens with one attached hydrogen (secondary N) is 1. The van der Waals surface area contributed by atoms with Gasteiger partial charge in [0.1, 0.15) is 6.29 Å². The number of amides is 1. The van der Waals surface area contributed by atoms with Gasteiger partial charge in [-0.3, -0.25) is 9.59 Å². The van der Waals surface area contributed by atoms with E-state index in [1.165, 1.54) is 0 Å². The van der Waals surface area contributed by atoms with Crippen LogP contribution in [0.4, 0.5) is 0 Å². The topological polar surface area (TPSA) is 52.6 Å². The molecule has 23 heavy (non-hydrogen) atoms. The number of aldehydes is 1. The van der Waals surface area contributed by atoms with E-state index >= 15 is 0 Å². The molecule has 0 aliphatic heterocycles. The van der Waals surface area contributed by atoms with E-state index in [0.29, 0.717) is 18.7 Å². The van der Waals surface area contributed by atoms with Gasteiger partial charge in [0.15, 0.2) is 0 Å². The Kier molecular flexibility index (Phi) is 9.17. The maximum Gasteiger partial charge on any atom is 0.236 e. The van der Waals surface area contributed by atoms with Crippen molar-refractivity contribution in [3.8, 4) is 0 Å². The number of hydrogen-bond donors (Lipinski definition) is 1.